The molecule has 2 nitrogen and oxygen atoms in total. The molecule has 2 heteroatoms. The van der Waals surface area contributed by atoms with E-state index in [4.69, 9.17) is 4.99 Å². The monoisotopic (exact) mass is 298 g/mol. The average Bonchev–Trinajstić information content (AvgIpc) is 2.84. The second kappa shape index (κ2) is 5.40. The maximum absolute atomic E-state index is 4.79. The number of rotatable bonds is 2. The number of fused-ring (bicyclic) bond motifs is 2. The van der Waals surface area contributed by atoms with Crippen molar-refractivity contribution < 1.29 is 0 Å². The molecule has 3 aromatic carbocycles. The van der Waals surface area contributed by atoms with Crippen molar-refractivity contribution in [3.63, 3.8) is 0 Å². The van der Waals surface area contributed by atoms with Gasteiger partial charge in [0.15, 0.2) is 0 Å². The lowest BCUT2D eigenvalue weighted by atomic mass is 10.1. The first kappa shape index (κ1) is 13.8. The summed E-state index contributed by atoms with van der Waals surface area (Å²) >= 11 is 0. The number of hydrogen-bond donors (Lipinski definition) is 0. The third kappa shape index (κ3) is 2.23. The van der Waals surface area contributed by atoms with Crippen LogP contribution in [-0.2, 0) is 7.05 Å². The Morgan fingerprint density at radius 2 is 1.52 bits per heavy atom. The van der Waals surface area contributed by atoms with E-state index in [-0.39, 0.29) is 0 Å². The largest absolute Gasteiger partial charge is 0.347 e. The number of hydrogen-bond acceptors (Lipinski definition) is 1. The molecule has 0 spiro atoms. The van der Waals surface area contributed by atoms with Gasteiger partial charge in [0.1, 0.15) is 0 Å². The number of aryl methyl sites for hydroxylation is 1. The van der Waals surface area contributed by atoms with Gasteiger partial charge in [0, 0.05) is 40.8 Å². The van der Waals surface area contributed by atoms with Crippen LogP contribution in [0.1, 0.15) is 11.3 Å². The summed E-state index contributed by atoms with van der Waals surface area (Å²) in [6, 6.07) is 23.1. The Hall–Kier alpha value is -2.87. The Morgan fingerprint density at radius 1 is 0.826 bits per heavy atom. The van der Waals surface area contributed by atoms with Crippen LogP contribution in [0.5, 0.6) is 0 Å². The van der Waals surface area contributed by atoms with E-state index in [9.17, 15) is 0 Å². The SMILES string of the molecule is Cc1c(C=Nc2cccc3ccccc23)c2ccccc2n1C. The Bertz CT molecular complexity index is 1030. The molecule has 0 unspecified atom stereocenters. The van der Waals surface area contributed by atoms with Gasteiger partial charge in [-0.1, -0.05) is 54.6 Å². The first-order chi connectivity index (χ1) is 11.3. The van der Waals surface area contributed by atoms with Crippen LogP contribution in [0, 0.1) is 6.92 Å². The van der Waals surface area contributed by atoms with E-state index in [0.29, 0.717) is 0 Å². The van der Waals surface area contributed by atoms with E-state index in [1.807, 2.05) is 6.21 Å². The van der Waals surface area contributed by atoms with Gasteiger partial charge in [-0.2, -0.15) is 0 Å². The summed E-state index contributed by atoms with van der Waals surface area (Å²) in [7, 11) is 2.10. The van der Waals surface area contributed by atoms with Crippen molar-refractivity contribution in [2.45, 2.75) is 6.92 Å². The van der Waals surface area contributed by atoms with Crippen LogP contribution in [0.2, 0.25) is 0 Å². The van der Waals surface area contributed by atoms with Crippen LogP contribution in [0.25, 0.3) is 21.7 Å². The zero-order valence-corrected chi connectivity index (χ0v) is 13.3. The minimum atomic E-state index is 1.01. The molecule has 0 saturated heterocycles. The first-order valence-corrected chi connectivity index (χ1v) is 7.81. The summed E-state index contributed by atoms with van der Waals surface area (Å²) in [6.07, 6.45) is 2.00. The Balaban J connectivity index is 1.87. The fourth-order valence-corrected chi connectivity index (χ4v) is 3.17. The highest BCUT2D eigenvalue weighted by atomic mass is 14.9. The standard InChI is InChI=1S/C21H18N2/c1-15-19(18-11-5-6-13-21(18)23(15)2)14-22-20-12-7-9-16-8-3-4-10-17(16)20/h3-14H,1-2H3. The van der Waals surface area contributed by atoms with Crippen molar-refractivity contribution in [3.8, 4) is 0 Å². The van der Waals surface area contributed by atoms with Crippen molar-refractivity contribution >= 4 is 33.6 Å². The second-order valence-corrected chi connectivity index (χ2v) is 5.83. The molecule has 0 saturated carbocycles. The fraction of sp³-hybridized carbons (Fsp3) is 0.0952. The van der Waals surface area contributed by atoms with E-state index >= 15 is 0 Å². The van der Waals surface area contributed by atoms with Gasteiger partial charge >= 0.3 is 0 Å². The third-order valence-electron chi connectivity index (χ3n) is 4.55. The molecule has 0 amide bonds. The Kier molecular flexibility index (Phi) is 3.23. The molecule has 112 valence electrons. The molecule has 4 rings (SSSR count). The lowest BCUT2D eigenvalue weighted by Gasteiger charge is -2.01. The maximum Gasteiger partial charge on any atom is 0.0708 e. The molecule has 23 heavy (non-hydrogen) atoms. The molecule has 0 aliphatic carbocycles. The maximum atomic E-state index is 4.79. The quantitative estimate of drug-likeness (QED) is 0.441. The zero-order chi connectivity index (χ0) is 15.8. The molecule has 1 heterocycles. The van der Waals surface area contributed by atoms with Gasteiger partial charge in [-0.15, -0.1) is 0 Å². The molecule has 0 atom stereocenters. The summed E-state index contributed by atoms with van der Waals surface area (Å²) in [6.45, 7) is 2.14. The second-order valence-electron chi connectivity index (χ2n) is 5.83. The van der Waals surface area contributed by atoms with Gasteiger partial charge in [0.25, 0.3) is 0 Å². The molecular weight excluding hydrogens is 280 g/mol. The van der Waals surface area contributed by atoms with Crippen molar-refractivity contribution in [2.24, 2.45) is 12.0 Å². The van der Waals surface area contributed by atoms with Gasteiger partial charge in [-0.25, -0.2) is 0 Å². The minimum Gasteiger partial charge on any atom is -0.347 e. The smallest absolute Gasteiger partial charge is 0.0708 e. The van der Waals surface area contributed by atoms with Crippen molar-refractivity contribution in [1.82, 2.24) is 4.57 Å². The van der Waals surface area contributed by atoms with Gasteiger partial charge < -0.3 is 4.57 Å². The highest BCUT2D eigenvalue weighted by Crippen LogP contribution is 2.27. The Morgan fingerprint density at radius 3 is 2.39 bits per heavy atom. The summed E-state index contributed by atoms with van der Waals surface area (Å²) in [5.41, 5.74) is 4.67. The molecular formula is C21H18N2. The molecule has 1 aromatic heterocycles. The van der Waals surface area contributed by atoms with E-state index < -0.39 is 0 Å². The highest BCUT2D eigenvalue weighted by molar-refractivity contribution is 6.03. The number of benzene rings is 3. The van der Waals surface area contributed by atoms with Gasteiger partial charge in [0.05, 0.1) is 5.69 Å². The van der Waals surface area contributed by atoms with Crippen LogP contribution in [0.3, 0.4) is 0 Å². The van der Waals surface area contributed by atoms with Crippen LogP contribution in [-0.4, -0.2) is 10.8 Å². The summed E-state index contributed by atoms with van der Waals surface area (Å²) in [5.74, 6) is 0. The number of para-hydroxylation sites is 1. The minimum absolute atomic E-state index is 1.01. The molecule has 0 radical (unpaired) electrons. The average molecular weight is 298 g/mol. The zero-order valence-electron chi connectivity index (χ0n) is 13.3. The van der Waals surface area contributed by atoms with Crippen molar-refractivity contribution in [3.05, 3.63) is 78.0 Å². The summed E-state index contributed by atoms with van der Waals surface area (Å²) in [4.78, 5) is 4.79. The molecule has 0 aliphatic rings. The molecule has 0 bridgehead atoms. The summed E-state index contributed by atoms with van der Waals surface area (Å²) < 4.78 is 2.22. The topological polar surface area (TPSA) is 17.3 Å². The first-order valence-electron chi connectivity index (χ1n) is 7.81. The van der Waals surface area contributed by atoms with E-state index in [1.165, 1.54) is 32.9 Å². The van der Waals surface area contributed by atoms with E-state index in [0.717, 1.165) is 5.69 Å². The van der Waals surface area contributed by atoms with Crippen molar-refractivity contribution in [1.29, 1.82) is 0 Å². The number of aromatic nitrogens is 1. The fourth-order valence-electron chi connectivity index (χ4n) is 3.17. The van der Waals surface area contributed by atoms with Crippen LogP contribution in [0.4, 0.5) is 5.69 Å². The number of aliphatic imine (C=N–C) groups is 1. The highest BCUT2D eigenvalue weighted by Gasteiger charge is 2.09. The van der Waals surface area contributed by atoms with E-state index in [2.05, 4.69) is 85.3 Å². The molecule has 0 aliphatic heterocycles. The Labute approximate surface area is 135 Å². The molecule has 0 N–H and O–H groups in total. The van der Waals surface area contributed by atoms with Gasteiger partial charge in [0.2, 0.25) is 0 Å². The molecule has 0 fully saturated rings. The lowest BCUT2D eigenvalue weighted by molar-refractivity contribution is 0.917. The normalized spacial score (nSPS) is 11.7. The van der Waals surface area contributed by atoms with Crippen LogP contribution >= 0.6 is 0 Å². The third-order valence-corrected chi connectivity index (χ3v) is 4.55. The predicted octanol–water partition coefficient (Wildman–Crippen LogP) is 5.39. The van der Waals surface area contributed by atoms with Crippen LogP contribution in [0.15, 0.2) is 71.7 Å². The van der Waals surface area contributed by atoms with Gasteiger partial charge in [-0.05, 0) is 24.4 Å². The van der Waals surface area contributed by atoms with Crippen molar-refractivity contribution in [2.75, 3.05) is 0 Å². The van der Waals surface area contributed by atoms with Gasteiger partial charge in [-0.3, -0.25) is 4.99 Å². The van der Waals surface area contributed by atoms with E-state index in [1.54, 1.807) is 0 Å². The summed E-state index contributed by atoms with van der Waals surface area (Å²) in [5, 5.41) is 3.65. The van der Waals surface area contributed by atoms with Crippen LogP contribution < -0.4 is 0 Å². The lowest BCUT2D eigenvalue weighted by Crippen LogP contribution is -1.91. The number of nitrogens with zero attached hydrogens (tertiary/aromatic N) is 2. The predicted molar refractivity (Wildman–Crippen MR) is 98.9 cm³/mol. The molecule has 4 aromatic rings.